The minimum atomic E-state index is -4.37. The van der Waals surface area contributed by atoms with E-state index in [-0.39, 0.29) is 5.91 Å². The zero-order valence-corrected chi connectivity index (χ0v) is 16.0. The van der Waals surface area contributed by atoms with Crippen molar-refractivity contribution < 1.29 is 18.0 Å². The first kappa shape index (κ1) is 19.8. The molecule has 2 aromatic carbocycles. The summed E-state index contributed by atoms with van der Waals surface area (Å²) in [7, 11) is 0. The van der Waals surface area contributed by atoms with E-state index < -0.39 is 11.7 Å². The SMILES string of the molecule is O=C(/C=C/C=C(/Br)c1ccc(C(F)(F)F)cc1)Nc1cccc2cnccc12. The lowest BCUT2D eigenvalue weighted by atomic mass is 10.1. The van der Waals surface area contributed by atoms with Gasteiger partial charge in [0.2, 0.25) is 5.91 Å². The van der Waals surface area contributed by atoms with Crippen LogP contribution in [-0.2, 0) is 11.0 Å². The van der Waals surface area contributed by atoms with Crippen LogP contribution < -0.4 is 5.32 Å². The van der Waals surface area contributed by atoms with Crippen LogP contribution in [0.15, 0.2) is 79.2 Å². The molecule has 0 saturated heterocycles. The van der Waals surface area contributed by atoms with E-state index in [1.807, 2.05) is 18.2 Å². The fourth-order valence-electron chi connectivity index (χ4n) is 2.54. The van der Waals surface area contributed by atoms with E-state index in [2.05, 4.69) is 26.2 Å². The Morgan fingerprint density at radius 1 is 1.07 bits per heavy atom. The quantitative estimate of drug-likeness (QED) is 0.383. The summed E-state index contributed by atoms with van der Waals surface area (Å²) in [5.74, 6) is -0.326. The molecular weight excluding hydrogens is 433 g/mol. The predicted octanol–water partition coefficient (Wildman–Crippen LogP) is 6.18. The van der Waals surface area contributed by atoms with Crippen LogP contribution in [0.3, 0.4) is 0 Å². The molecule has 3 nitrogen and oxygen atoms in total. The summed E-state index contributed by atoms with van der Waals surface area (Å²) in [5.41, 5.74) is 0.525. The second-order valence-corrected chi connectivity index (χ2v) is 6.69. The topological polar surface area (TPSA) is 42.0 Å². The molecule has 0 saturated carbocycles. The van der Waals surface area contributed by atoms with Gasteiger partial charge in [-0.05, 0) is 35.9 Å². The van der Waals surface area contributed by atoms with Gasteiger partial charge in [-0.15, -0.1) is 0 Å². The van der Waals surface area contributed by atoms with E-state index in [9.17, 15) is 18.0 Å². The number of carbonyl (C=O) groups excluding carboxylic acids is 1. The van der Waals surface area contributed by atoms with Gasteiger partial charge in [-0.3, -0.25) is 9.78 Å². The molecule has 0 atom stereocenters. The molecule has 0 aliphatic carbocycles. The Balaban J connectivity index is 1.68. The number of benzene rings is 2. The number of pyridine rings is 1. The van der Waals surface area contributed by atoms with Gasteiger partial charge in [-0.2, -0.15) is 13.2 Å². The third-order valence-electron chi connectivity index (χ3n) is 3.92. The summed E-state index contributed by atoms with van der Waals surface area (Å²) in [6, 6.07) is 12.1. The molecule has 1 amide bonds. The standard InChI is InChI=1S/C21H14BrF3N2O/c22-18(14-7-9-16(10-8-14)21(23,24)25)4-2-6-20(28)27-19-5-1-3-15-13-26-12-11-17(15)19/h1-13H,(H,27,28)/b6-2+,18-4+. The number of alkyl halides is 3. The van der Waals surface area contributed by atoms with Crippen molar-refractivity contribution >= 4 is 42.8 Å². The second-order valence-electron chi connectivity index (χ2n) is 5.84. The average Bonchev–Trinajstić information content (AvgIpc) is 2.67. The van der Waals surface area contributed by atoms with E-state index in [0.29, 0.717) is 15.7 Å². The largest absolute Gasteiger partial charge is 0.416 e. The van der Waals surface area contributed by atoms with Gasteiger partial charge < -0.3 is 5.32 Å². The molecule has 0 fully saturated rings. The molecule has 0 radical (unpaired) electrons. The highest BCUT2D eigenvalue weighted by Gasteiger charge is 2.29. The molecule has 0 aliphatic heterocycles. The smallest absolute Gasteiger partial charge is 0.322 e. The van der Waals surface area contributed by atoms with Crippen LogP contribution in [0.5, 0.6) is 0 Å². The molecule has 7 heteroatoms. The molecule has 1 N–H and O–H groups in total. The number of amides is 1. The summed E-state index contributed by atoms with van der Waals surface area (Å²) in [5, 5.41) is 4.59. The van der Waals surface area contributed by atoms with Crippen LogP contribution in [0.4, 0.5) is 18.9 Å². The van der Waals surface area contributed by atoms with Crippen LogP contribution in [0.1, 0.15) is 11.1 Å². The number of hydrogen-bond donors (Lipinski definition) is 1. The van der Waals surface area contributed by atoms with Crippen molar-refractivity contribution in [3.05, 3.63) is 90.3 Å². The fraction of sp³-hybridized carbons (Fsp3) is 0.0476. The van der Waals surface area contributed by atoms with Crippen LogP contribution in [0.25, 0.3) is 15.3 Å². The molecule has 0 aliphatic rings. The first-order valence-corrected chi connectivity index (χ1v) is 8.99. The molecular formula is C21H14BrF3N2O. The monoisotopic (exact) mass is 446 g/mol. The molecule has 0 bridgehead atoms. The van der Waals surface area contributed by atoms with Gasteiger partial charge in [-0.25, -0.2) is 0 Å². The van der Waals surface area contributed by atoms with Crippen LogP contribution >= 0.6 is 15.9 Å². The molecule has 3 rings (SSSR count). The zero-order valence-electron chi connectivity index (χ0n) is 14.4. The highest BCUT2D eigenvalue weighted by atomic mass is 79.9. The maximum absolute atomic E-state index is 12.6. The third kappa shape index (κ3) is 4.86. The lowest BCUT2D eigenvalue weighted by molar-refractivity contribution is -0.137. The summed E-state index contributed by atoms with van der Waals surface area (Å²) in [6.07, 6.45) is 3.44. The third-order valence-corrected chi connectivity index (χ3v) is 4.64. The summed E-state index contributed by atoms with van der Waals surface area (Å²) < 4.78 is 38.4. The van der Waals surface area contributed by atoms with Crippen molar-refractivity contribution in [2.24, 2.45) is 0 Å². The number of nitrogens with one attached hydrogen (secondary N) is 1. The van der Waals surface area contributed by atoms with Crippen LogP contribution in [-0.4, -0.2) is 10.9 Å². The molecule has 28 heavy (non-hydrogen) atoms. The van der Waals surface area contributed by atoms with E-state index in [0.717, 1.165) is 22.9 Å². The first-order valence-electron chi connectivity index (χ1n) is 8.20. The number of aromatic nitrogens is 1. The number of hydrogen-bond acceptors (Lipinski definition) is 2. The summed E-state index contributed by atoms with van der Waals surface area (Å²) >= 11 is 3.30. The van der Waals surface area contributed by atoms with Crippen molar-refractivity contribution in [2.75, 3.05) is 5.32 Å². The van der Waals surface area contributed by atoms with Gasteiger partial charge in [0, 0.05) is 39.4 Å². The number of rotatable bonds is 4. The minimum absolute atomic E-state index is 0.326. The molecule has 1 aromatic heterocycles. The Kier molecular flexibility index (Phi) is 5.94. The lowest BCUT2D eigenvalue weighted by Crippen LogP contribution is -2.08. The highest BCUT2D eigenvalue weighted by Crippen LogP contribution is 2.31. The molecule has 3 aromatic rings. The normalized spacial score (nSPS) is 12.5. The molecule has 1 heterocycles. The lowest BCUT2D eigenvalue weighted by Gasteiger charge is -2.07. The Labute approximate surface area is 167 Å². The van der Waals surface area contributed by atoms with Crippen molar-refractivity contribution in [3.63, 3.8) is 0 Å². The molecule has 142 valence electrons. The van der Waals surface area contributed by atoms with Gasteiger partial charge in [0.05, 0.1) is 5.56 Å². The Bertz CT molecular complexity index is 1050. The van der Waals surface area contributed by atoms with Crippen LogP contribution in [0, 0.1) is 0 Å². The predicted molar refractivity (Wildman–Crippen MR) is 108 cm³/mol. The van der Waals surface area contributed by atoms with E-state index in [1.165, 1.54) is 24.3 Å². The van der Waals surface area contributed by atoms with E-state index in [4.69, 9.17) is 0 Å². The number of carbonyl (C=O) groups is 1. The fourth-order valence-corrected chi connectivity index (χ4v) is 2.96. The number of nitrogens with zero attached hydrogens (tertiary/aromatic N) is 1. The van der Waals surface area contributed by atoms with Crippen molar-refractivity contribution in [1.82, 2.24) is 4.98 Å². The van der Waals surface area contributed by atoms with Crippen molar-refractivity contribution in [2.45, 2.75) is 6.18 Å². The Hall–Kier alpha value is -2.93. The Morgan fingerprint density at radius 2 is 1.82 bits per heavy atom. The van der Waals surface area contributed by atoms with Crippen LogP contribution in [0.2, 0.25) is 0 Å². The Morgan fingerprint density at radius 3 is 2.54 bits per heavy atom. The number of allylic oxidation sites excluding steroid dienone is 2. The minimum Gasteiger partial charge on any atom is -0.322 e. The maximum Gasteiger partial charge on any atom is 0.416 e. The van der Waals surface area contributed by atoms with Gasteiger partial charge in [0.15, 0.2) is 0 Å². The van der Waals surface area contributed by atoms with Crippen molar-refractivity contribution in [3.8, 4) is 0 Å². The van der Waals surface area contributed by atoms with E-state index in [1.54, 1.807) is 24.5 Å². The molecule has 0 spiro atoms. The highest BCUT2D eigenvalue weighted by molar-refractivity contribution is 9.15. The maximum atomic E-state index is 12.6. The van der Waals surface area contributed by atoms with Gasteiger partial charge in [-0.1, -0.05) is 46.3 Å². The average molecular weight is 447 g/mol. The number of fused-ring (bicyclic) bond motifs is 1. The number of halogens is 4. The molecule has 0 unspecified atom stereocenters. The summed E-state index contributed by atoms with van der Waals surface area (Å²) in [6.45, 7) is 0. The van der Waals surface area contributed by atoms with E-state index >= 15 is 0 Å². The number of anilines is 1. The second kappa shape index (κ2) is 8.39. The first-order chi connectivity index (χ1) is 13.3. The summed E-state index contributed by atoms with van der Waals surface area (Å²) in [4.78, 5) is 16.2. The van der Waals surface area contributed by atoms with Gasteiger partial charge in [0.1, 0.15) is 0 Å². The van der Waals surface area contributed by atoms with Gasteiger partial charge >= 0.3 is 6.18 Å². The van der Waals surface area contributed by atoms with Gasteiger partial charge in [0.25, 0.3) is 0 Å². The zero-order chi connectivity index (χ0) is 20.1. The van der Waals surface area contributed by atoms with Crippen molar-refractivity contribution in [1.29, 1.82) is 0 Å².